The van der Waals surface area contributed by atoms with Gasteiger partial charge in [0.15, 0.2) is 15.6 Å². The number of hydrogen-bond acceptors (Lipinski definition) is 5. The van der Waals surface area contributed by atoms with Crippen molar-refractivity contribution in [2.45, 2.75) is 10.6 Å². The SMILES string of the molecule is O=C(Cc1ccc(-n2cc(-c3ccccc3)ccc2=O)cc1)CS(=O)(=O)c1cc(Cl)c(Cl)s1. The van der Waals surface area contributed by atoms with Crippen LogP contribution in [0.3, 0.4) is 0 Å². The van der Waals surface area contributed by atoms with Crippen LogP contribution in [0.4, 0.5) is 0 Å². The lowest BCUT2D eigenvalue weighted by Crippen LogP contribution is -2.18. The maximum Gasteiger partial charge on any atom is 0.255 e. The molecule has 0 aliphatic heterocycles. The third-order valence-corrected chi connectivity index (χ3v) is 9.02. The van der Waals surface area contributed by atoms with Crippen LogP contribution in [0.25, 0.3) is 16.8 Å². The van der Waals surface area contributed by atoms with Crippen LogP contribution in [0, 0.1) is 0 Å². The van der Waals surface area contributed by atoms with Gasteiger partial charge in [0, 0.05) is 24.4 Å². The molecule has 0 amide bonds. The number of sulfone groups is 1. The van der Waals surface area contributed by atoms with Crippen molar-refractivity contribution in [2.75, 3.05) is 5.75 Å². The van der Waals surface area contributed by atoms with E-state index in [4.69, 9.17) is 23.2 Å². The summed E-state index contributed by atoms with van der Waals surface area (Å²) in [5, 5.41) is 0.148. The Labute approximate surface area is 204 Å². The molecule has 9 heteroatoms. The van der Waals surface area contributed by atoms with Gasteiger partial charge in [0.2, 0.25) is 0 Å². The Morgan fingerprint density at radius 3 is 2.24 bits per heavy atom. The summed E-state index contributed by atoms with van der Waals surface area (Å²) in [6.07, 6.45) is 1.72. The highest BCUT2D eigenvalue weighted by molar-refractivity contribution is 7.94. The number of carbonyl (C=O) groups excluding carboxylic acids is 1. The summed E-state index contributed by atoms with van der Waals surface area (Å²) >= 11 is 12.5. The van der Waals surface area contributed by atoms with E-state index in [9.17, 15) is 18.0 Å². The van der Waals surface area contributed by atoms with Gasteiger partial charge in [-0.15, -0.1) is 11.3 Å². The number of ketones is 1. The van der Waals surface area contributed by atoms with Crippen LogP contribution in [0.5, 0.6) is 0 Å². The van der Waals surface area contributed by atoms with Gasteiger partial charge in [0.1, 0.15) is 14.3 Å². The molecule has 0 aliphatic carbocycles. The minimum Gasteiger partial charge on any atom is -0.298 e. The summed E-state index contributed by atoms with van der Waals surface area (Å²) in [4.78, 5) is 24.8. The van der Waals surface area contributed by atoms with Crippen LogP contribution >= 0.6 is 34.5 Å². The predicted molar refractivity (Wildman–Crippen MR) is 133 cm³/mol. The second kappa shape index (κ2) is 9.65. The molecule has 2 heterocycles. The van der Waals surface area contributed by atoms with Crippen molar-refractivity contribution in [3.63, 3.8) is 0 Å². The molecule has 0 N–H and O–H groups in total. The van der Waals surface area contributed by atoms with E-state index in [1.54, 1.807) is 36.5 Å². The molecule has 5 nitrogen and oxygen atoms in total. The topological polar surface area (TPSA) is 73.2 Å². The van der Waals surface area contributed by atoms with E-state index < -0.39 is 21.4 Å². The number of pyridine rings is 1. The standard InChI is InChI=1S/C24H17Cl2NO4S2/c25-21-13-23(32-24(21)26)33(30,31)15-20(28)12-16-6-9-19(10-7-16)27-14-18(8-11-22(27)29)17-4-2-1-3-5-17/h1-11,13-14H,12,15H2. The summed E-state index contributed by atoms with van der Waals surface area (Å²) in [6, 6.07) is 21.1. The fraction of sp³-hybridized carbons (Fsp3) is 0.0833. The molecule has 0 saturated carbocycles. The molecule has 2 aromatic heterocycles. The number of rotatable bonds is 7. The number of aromatic nitrogens is 1. The number of Topliss-reactive ketones (excluding diaryl/α,β-unsaturated/α-hetero) is 1. The lowest BCUT2D eigenvalue weighted by Gasteiger charge is -2.10. The average molecular weight is 518 g/mol. The molecule has 2 aromatic carbocycles. The zero-order chi connectivity index (χ0) is 23.6. The third-order valence-electron chi connectivity index (χ3n) is 4.91. The van der Waals surface area contributed by atoms with Gasteiger partial charge >= 0.3 is 0 Å². The Bertz CT molecular complexity index is 1460. The molecular formula is C24H17Cl2NO4S2. The summed E-state index contributed by atoms with van der Waals surface area (Å²) in [6.45, 7) is 0. The molecule has 0 aliphatic rings. The molecule has 4 aromatic rings. The largest absolute Gasteiger partial charge is 0.298 e. The van der Waals surface area contributed by atoms with E-state index in [1.165, 1.54) is 16.7 Å². The Hall–Kier alpha value is -2.71. The first-order chi connectivity index (χ1) is 15.7. The molecule has 168 valence electrons. The molecule has 0 fully saturated rings. The minimum atomic E-state index is -3.81. The van der Waals surface area contributed by atoms with E-state index in [0.717, 1.165) is 22.5 Å². The monoisotopic (exact) mass is 517 g/mol. The molecule has 4 rings (SSSR count). The van der Waals surface area contributed by atoms with Gasteiger partial charge in [-0.2, -0.15) is 0 Å². The lowest BCUT2D eigenvalue weighted by molar-refractivity contribution is -0.116. The molecule has 0 bridgehead atoms. The highest BCUT2D eigenvalue weighted by Gasteiger charge is 2.23. The van der Waals surface area contributed by atoms with Crippen LogP contribution in [0.1, 0.15) is 5.56 Å². The van der Waals surface area contributed by atoms with Crippen molar-refractivity contribution in [2.24, 2.45) is 0 Å². The highest BCUT2D eigenvalue weighted by atomic mass is 35.5. The molecule has 0 unspecified atom stereocenters. The van der Waals surface area contributed by atoms with Gasteiger partial charge in [0.25, 0.3) is 5.56 Å². The van der Waals surface area contributed by atoms with Crippen LogP contribution < -0.4 is 5.56 Å². The molecular weight excluding hydrogens is 501 g/mol. The molecule has 0 atom stereocenters. The number of nitrogens with zero attached hydrogens (tertiary/aromatic N) is 1. The van der Waals surface area contributed by atoms with Gasteiger partial charge in [-0.3, -0.25) is 14.2 Å². The first-order valence-electron chi connectivity index (χ1n) is 9.80. The predicted octanol–water partition coefficient (Wildman–Crippen LogP) is 5.46. The number of halogens is 2. The van der Waals surface area contributed by atoms with Crippen LogP contribution in [-0.4, -0.2) is 24.5 Å². The second-order valence-corrected chi connectivity index (χ2v) is 11.6. The van der Waals surface area contributed by atoms with Crippen molar-refractivity contribution in [1.82, 2.24) is 4.57 Å². The fourth-order valence-electron chi connectivity index (χ4n) is 3.31. The van der Waals surface area contributed by atoms with Gasteiger partial charge in [-0.25, -0.2) is 8.42 Å². The van der Waals surface area contributed by atoms with Gasteiger partial charge in [-0.05, 0) is 41.0 Å². The molecule has 0 saturated heterocycles. The van der Waals surface area contributed by atoms with Crippen molar-refractivity contribution >= 4 is 50.2 Å². The number of carbonyl (C=O) groups is 1. The van der Waals surface area contributed by atoms with E-state index in [2.05, 4.69) is 0 Å². The van der Waals surface area contributed by atoms with Crippen LogP contribution in [0.2, 0.25) is 9.36 Å². The fourth-order valence-corrected chi connectivity index (χ4v) is 6.51. The first kappa shape index (κ1) is 23.4. The number of benzene rings is 2. The summed E-state index contributed by atoms with van der Waals surface area (Å²) in [5.74, 6) is -1.09. The quantitative estimate of drug-likeness (QED) is 0.326. The average Bonchev–Trinajstić information content (AvgIpc) is 3.14. The summed E-state index contributed by atoms with van der Waals surface area (Å²) < 4.78 is 26.6. The maximum absolute atomic E-state index is 12.5. The summed E-state index contributed by atoms with van der Waals surface area (Å²) in [5.41, 5.74) is 2.99. The molecule has 0 radical (unpaired) electrons. The number of hydrogen-bond donors (Lipinski definition) is 0. The van der Waals surface area contributed by atoms with Crippen molar-refractivity contribution in [1.29, 1.82) is 0 Å². The summed E-state index contributed by atoms with van der Waals surface area (Å²) in [7, 11) is -3.81. The Kier molecular flexibility index (Phi) is 6.86. The van der Waals surface area contributed by atoms with Crippen LogP contribution in [0.15, 0.2) is 88.0 Å². The Balaban J connectivity index is 1.50. The lowest BCUT2D eigenvalue weighted by atomic mass is 10.1. The van der Waals surface area contributed by atoms with Crippen LogP contribution in [-0.2, 0) is 21.1 Å². The number of thiophene rings is 1. The zero-order valence-electron chi connectivity index (χ0n) is 17.1. The normalized spacial score (nSPS) is 11.5. The van der Waals surface area contributed by atoms with E-state index >= 15 is 0 Å². The molecule has 33 heavy (non-hydrogen) atoms. The van der Waals surface area contributed by atoms with E-state index in [0.29, 0.717) is 11.3 Å². The smallest absolute Gasteiger partial charge is 0.255 e. The van der Waals surface area contributed by atoms with Crippen molar-refractivity contribution in [3.05, 3.63) is 104 Å². The maximum atomic E-state index is 12.5. The van der Waals surface area contributed by atoms with Gasteiger partial charge < -0.3 is 0 Å². The minimum absolute atomic E-state index is 0.0288. The van der Waals surface area contributed by atoms with E-state index in [1.807, 2.05) is 30.3 Å². The Morgan fingerprint density at radius 1 is 0.909 bits per heavy atom. The van der Waals surface area contributed by atoms with Crippen molar-refractivity contribution < 1.29 is 13.2 Å². The molecule has 0 spiro atoms. The third kappa shape index (κ3) is 5.45. The second-order valence-electron chi connectivity index (χ2n) is 7.32. The van der Waals surface area contributed by atoms with E-state index in [-0.39, 0.29) is 25.5 Å². The first-order valence-corrected chi connectivity index (χ1v) is 13.0. The Morgan fingerprint density at radius 2 is 1.61 bits per heavy atom. The van der Waals surface area contributed by atoms with Crippen molar-refractivity contribution in [3.8, 4) is 16.8 Å². The van der Waals surface area contributed by atoms with Gasteiger partial charge in [-0.1, -0.05) is 65.7 Å². The highest BCUT2D eigenvalue weighted by Crippen LogP contribution is 2.34. The zero-order valence-corrected chi connectivity index (χ0v) is 20.2. The van der Waals surface area contributed by atoms with Gasteiger partial charge in [0.05, 0.1) is 5.02 Å².